The second-order valence-corrected chi connectivity index (χ2v) is 9.15. The summed E-state index contributed by atoms with van der Waals surface area (Å²) in [4.78, 5) is 55.4. The maximum Gasteiger partial charge on any atom is 0.337 e. The zero-order valence-electron chi connectivity index (χ0n) is 17.8. The van der Waals surface area contributed by atoms with Gasteiger partial charge in [0.05, 0.1) is 17.5 Å². The highest BCUT2D eigenvalue weighted by Gasteiger charge is 2.75. The van der Waals surface area contributed by atoms with Gasteiger partial charge in [0.25, 0.3) is 5.91 Å². The summed E-state index contributed by atoms with van der Waals surface area (Å²) in [7, 11) is 0. The van der Waals surface area contributed by atoms with Gasteiger partial charge >= 0.3 is 5.97 Å². The van der Waals surface area contributed by atoms with Crippen molar-refractivity contribution in [1.29, 1.82) is 0 Å². The van der Waals surface area contributed by atoms with Crippen LogP contribution in [0.4, 0.5) is 5.69 Å². The fourth-order valence-corrected chi connectivity index (χ4v) is 6.05. The molecular weight excluding hydrogens is 420 g/mol. The van der Waals surface area contributed by atoms with Crippen LogP contribution in [0, 0.1) is 11.8 Å². The Bertz CT molecular complexity index is 1220. The summed E-state index contributed by atoms with van der Waals surface area (Å²) >= 11 is 0. The quantitative estimate of drug-likeness (QED) is 0.448. The Morgan fingerprint density at radius 2 is 1.58 bits per heavy atom. The number of anilines is 1. The number of para-hydroxylation sites is 1. The molecule has 3 aliphatic heterocycles. The molecule has 1 N–H and O–H groups in total. The van der Waals surface area contributed by atoms with E-state index >= 15 is 0 Å². The summed E-state index contributed by atoms with van der Waals surface area (Å²) in [6, 6.07) is 17.2. The van der Waals surface area contributed by atoms with Crippen LogP contribution in [0.5, 0.6) is 0 Å². The number of esters is 1. The number of carbonyl (C=O) groups is 4. The largest absolute Gasteiger partial charge is 0.452 e. The van der Waals surface area contributed by atoms with Crippen LogP contribution in [0.25, 0.3) is 0 Å². The molecule has 7 nitrogen and oxygen atoms in total. The summed E-state index contributed by atoms with van der Waals surface area (Å²) in [5.41, 5.74) is -1.19. The molecule has 0 radical (unpaired) electrons. The summed E-state index contributed by atoms with van der Waals surface area (Å²) in [6.45, 7) is 0. The van der Waals surface area contributed by atoms with Gasteiger partial charge in [-0.15, -0.1) is 0 Å². The Morgan fingerprint density at radius 1 is 0.909 bits per heavy atom. The van der Waals surface area contributed by atoms with Crippen molar-refractivity contribution in [3.8, 4) is 0 Å². The summed E-state index contributed by atoms with van der Waals surface area (Å²) in [5.74, 6) is -3.95. The molecule has 7 heteroatoms. The third kappa shape index (κ3) is 2.56. The van der Waals surface area contributed by atoms with E-state index in [1.54, 1.807) is 66.7 Å². The number of nitrogens with one attached hydrogen (secondary N) is 1. The maximum atomic E-state index is 13.8. The highest BCUT2D eigenvalue weighted by Crippen LogP contribution is 2.59. The minimum atomic E-state index is -1.72. The second-order valence-electron chi connectivity index (χ2n) is 9.15. The Hall–Kier alpha value is -3.74. The molecular formula is C26H22N2O5. The predicted octanol–water partition coefficient (Wildman–Crippen LogP) is 2.77. The van der Waals surface area contributed by atoms with Crippen molar-refractivity contribution in [2.75, 3.05) is 4.90 Å². The van der Waals surface area contributed by atoms with Crippen molar-refractivity contribution in [3.63, 3.8) is 0 Å². The smallest absolute Gasteiger partial charge is 0.337 e. The first-order chi connectivity index (χ1) is 16.0. The van der Waals surface area contributed by atoms with E-state index < -0.39 is 40.8 Å². The van der Waals surface area contributed by atoms with E-state index in [1.165, 1.54) is 0 Å². The van der Waals surface area contributed by atoms with E-state index in [9.17, 15) is 19.2 Å². The first-order valence-electron chi connectivity index (χ1n) is 11.2. The standard InChI is InChI=1S/C26H22N2O5/c29-21(16-9-3-1-4-10-16)27-25-15-17-11-7-8-14-26(17,33-24(25)32)20-19(25)22(30)28(23(20)31)18-12-5-2-6-13-18/h1-6,9-10,12-13,15,19-20H,7-8,11,14H2,(H,27,29). The number of carbonyl (C=O) groups excluding carboxylic acids is 4. The van der Waals surface area contributed by atoms with Crippen LogP contribution in [0.1, 0.15) is 36.0 Å². The molecule has 4 atom stereocenters. The number of hydrogen-bond donors (Lipinski definition) is 1. The van der Waals surface area contributed by atoms with Gasteiger partial charge in [0.2, 0.25) is 11.8 Å². The zero-order chi connectivity index (χ0) is 22.8. The number of nitrogens with zero attached hydrogens (tertiary/aromatic N) is 1. The third-order valence-electron chi connectivity index (χ3n) is 7.47. The molecule has 3 amide bonds. The number of fused-ring (bicyclic) bond motifs is 1. The molecule has 33 heavy (non-hydrogen) atoms. The Balaban J connectivity index is 1.51. The first kappa shape index (κ1) is 19.9. The molecule has 3 fully saturated rings. The van der Waals surface area contributed by atoms with Gasteiger partial charge < -0.3 is 10.1 Å². The highest BCUT2D eigenvalue weighted by molar-refractivity contribution is 6.25. The molecule has 2 aromatic rings. The van der Waals surface area contributed by atoms with Crippen LogP contribution in [-0.2, 0) is 19.1 Å². The number of ether oxygens (including phenoxy) is 1. The average Bonchev–Trinajstić information content (AvgIpc) is 3.12. The van der Waals surface area contributed by atoms with E-state index in [-0.39, 0.29) is 5.91 Å². The fraction of sp³-hybridized carbons (Fsp3) is 0.308. The van der Waals surface area contributed by atoms with Crippen molar-refractivity contribution in [2.24, 2.45) is 11.8 Å². The third-order valence-corrected chi connectivity index (χ3v) is 7.47. The molecule has 4 unspecified atom stereocenters. The van der Waals surface area contributed by atoms with Gasteiger partial charge in [-0.05, 0) is 61.6 Å². The summed E-state index contributed by atoms with van der Waals surface area (Å²) in [5, 5.41) is 2.82. The molecule has 3 heterocycles. The van der Waals surface area contributed by atoms with Crippen LogP contribution in [-0.4, -0.2) is 34.8 Å². The van der Waals surface area contributed by atoms with Crippen molar-refractivity contribution in [2.45, 2.75) is 36.8 Å². The molecule has 7 rings (SSSR count). The van der Waals surface area contributed by atoms with Gasteiger partial charge in [0.1, 0.15) is 5.60 Å². The van der Waals surface area contributed by atoms with Crippen LogP contribution in [0.15, 0.2) is 72.3 Å². The molecule has 2 aromatic carbocycles. The van der Waals surface area contributed by atoms with Crippen LogP contribution < -0.4 is 10.2 Å². The van der Waals surface area contributed by atoms with Gasteiger partial charge in [-0.25, -0.2) is 9.69 Å². The fourth-order valence-electron chi connectivity index (χ4n) is 6.05. The van der Waals surface area contributed by atoms with Gasteiger partial charge in [0.15, 0.2) is 5.54 Å². The Labute approximate surface area is 190 Å². The molecule has 2 saturated heterocycles. The van der Waals surface area contributed by atoms with E-state index in [1.807, 2.05) is 0 Å². The SMILES string of the molecule is O=C(NC12C=C3CCCCC3(OC1=O)C1C(=O)N(c3ccccc3)C(=O)C12)c1ccccc1. The van der Waals surface area contributed by atoms with Gasteiger partial charge in [-0.2, -0.15) is 0 Å². The van der Waals surface area contributed by atoms with E-state index in [0.717, 1.165) is 23.3 Å². The molecule has 1 saturated carbocycles. The Morgan fingerprint density at radius 3 is 2.30 bits per heavy atom. The van der Waals surface area contributed by atoms with E-state index in [2.05, 4.69) is 5.32 Å². The summed E-state index contributed by atoms with van der Waals surface area (Å²) in [6.07, 6.45) is 4.57. The number of rotatable bonds is 3. The number of amides is 3. The summed E-state index contributed by atoms with van der Waals surface area (Å²) < 4.78 is 6.01. The topological polar surface area (TPSA) is 92.8 Å². The lowest BCUT2D eigenvalue weighted by atomic mass is 9.56. The lowest BCUT2D eigenvalue weighted by Gasteiger charge is -2.56. The molecule has 0 aromatic heterocycles. The highest BCUT2D eigenvalue weighted by atomic mass is 16.6. The minimum absolute atomic E-state index is 0.359. The van der Waals surface area contributed by atoms with Crippen molar-refractivity contribution in [3.05, 3.63) is 77.9 Å². The van der Waals surface area contributed by atoms with Crippen molar-refractivity contribution < 1.29 is 23.9 Å². The zero-order valence-corrected chi connectivity index (χ0v) is 17.8. The molecule has 166 valence electrons. The van der Waals surface area contributed by atoms with E-state index in [4.69, 9.17) is 4.74 Å². The average molecular weight is 442 g/mol. The van der Waals surface area contributed by atoms with Crippen LogP contribution >= 0.6 is 0 Å². The van der Waals surface area contributed by atoms with Gasteiger partial charge in [0, 0.05) is 5.56 Å². The van der Waals surface area contributed by atoms with Crippen molar-refractivity contribution in [1.82, 2.24) is 5.32 Å². The number of benzene rings is 2. The van der Waals surface area contributed by atoms with Crippen LogP contribution in [0.2, 0.25) is 0 Å². The van der Waals surface area contributed by atoms with Crippen molar-refractivity contribution >= 4 is 29.4 Å². The minimum Gasteiger partial charge on any atom is -0.452 e. The normalized spacial score (nSPS) is 32.1. The number of hydrogen-bond acceptors (Lipinski definition) is 5. The molecule has 1 spiro atoms. The van der Waals surface area contributed by atoms with Crippen LogP contribution in [0.3, 0.4) is 0 Å². The second kappa shape index (κ2) is 6.88. The van der Waals surface area contributed by atoms with Gasteiger partial charge in [-0.3, -0.25) is 14.4 Å². The molecule has 5 aliphatic rings. The molecule has 2 aliphatic carbocycles. The lowest BCUT2D eigenvalue weighted by Crippen LogP contribution is -2.74. The Kier molecular flexibility index (Phi) is 4.15. The lowest BCUT2D eigenvalue weighted by molar-refractivity contribution is -0.195. The van der Waals surface area contributed by atoms with E-state index in [0.29, 0.717) is 24.1 Å². The monoisotopic (exact) mass is 442 g/mol. The molecule has 2 bridgehead atoms. The first-order valence-corrected chi connectivity index (χ1v) is 11.2. The maximum absolute atomic E-state index is 13.8. The van der Waals surface area contributed by atoms with Gasteiger partial charge in [-0.1, -0.05) is 36.4 Å². The number of imide groups is 1. The predicted molar refractivity (Wildman–Crippen MR) is 118 cm³/mol.